The van der Waals surface area contributed by atoms with E-state index >= 15 is 0 Å². The molecule has 4 nitrogen and oxygen atoms in total. The number of hydrogen-bond acceptors (Lipinski definition) is 3. The van der Waals surface area contributed by atoms with Crippen molar-refractivity contribution < 1.29 is 4.74 Å². The lowest BCUT2D eigenvalue weighted by Crippen LogP contribution is -2.18. The zero-order valence-corrected chi connectivity index (χ0v) is 11.6. The Kier molecular flexibility index (Phi) is 3.54. The molecule has 0 fully saturated rings. The van der Waals surface area contributed by atoms with Crippen molar-refractivity contribution in [2.45, 2.75) is 32.1 Å². The predicted octanol–water partition coefficient (Wildman–Crippen LogP) is 2.71. The molecule has 20 heavy (non-hydrogen) atoms. The molecule has 0 amide bonds. The first-order chi connectivity index (χ1) is 9.78. The van der Waals surface area contributed by atoms with Crippen molar-refractivity contribution in [3.63, 3.8) is 0 Å². The fourth-order valence-electron chi connectivity index (χ4n) is 2.69. The van der Waals surface area contributed by atoms with Crippen molar-refractivity contribution in [3.05, 3.63) is 45.9 Å². The highest BCUT2D eigenvalue weighted by Crippen LogP contribution is 2.22. The number of rotatable bonds is 2. The van der Waals surface area contributed by atoms with Crippen LogP contribution in [0.3, 0.4) is 0 Å². The number of fused-ring (bicyclic) bond motifs is 1. The molecule has 1 aromatic carbocycles. The van der Waals surface area contributed by atoms with Gasteiger partial charge in [0.05, 0.1) is 12.8 Å². The number of benzene rings is 1. The minimum Gasteiger partial charge on any atom is -0.497 e. The molecule has 1 N–H and O–H groups in total. The third-order valence-corrected chi connectivity index (χ3v) is 3.78. The Morgan fingerprint density at radius 3 is 2.90 bits per heavy atom. The molecule has 2 aromatic rings. The van der Waals surface area contributed by atoms with Crippen molar-refractivity contribution in [2.75, 3.05) is 7.11 Å². The van der Waals surface area contributed by atoms with E-state index in [0.29, 0.717) is 5.82 Å². The summed E-state index contributed by atoms with van der Waals surface area (Å²) >= 11 is 0. The molecular formula is C16H18N2O2. The molecule has 0 aliphatic heterocycles. The highest BCUT2D eigenvalue weighted by molar-refractivity contribution is 5.57. The van der Waals surface area contributed by atoms with Gasteiger partial charge in [0.25, 0.3) is 5.56 Å². The number of methoxy groups -OCH3 is 1. The monoisotopic (exact) mass is 270 g/mol. The van der Waals surface area contributed by atoms with Gasteiger partial charge in [-0.1, -0.05) is 18.6 Å². The fourth-order valence-corrected chi connectivity index (χ4v) is 2.69. The Morgan fingerprint density at radius 2 is 2.05 bits per heavy atom. The molecule has 0 radical (unpaired) electrons. The van der Waals surface area contributed by atoms with E-state index in [1.54, 1.807) is 7.11 Å². The Bertz CT molecular complexity index is 676. The van der Waals surface area contributed by atoms with Crippen LogP contribution >= 0.6 is 0 Å². The summed E-state index contributed by atoms with van der Waals surface area (Å²) in [4.78, 5) is 19.8. The average molecular weight is 270 g/mol. The van der Waals surface area contributed by atoms with Crippen molar-refractivity contribution >= 4 is 0 Å². The van der Waals surface area contributed by atoms with Crippen LogP contribution in [0.5, 0.6) is 5.75 Å². The maximum atomic E-state index is 12.2. The fraction of sp³-hybridized carbons (Fsp3) is 0.375. The van der Waals surface area contributed by atoms with E-state index in [2.05, 4.69) is 9.97 Å². The van der Waals surface area contributed by atoms with E-state index in [1.165, 1.54) is 6.42 Å². The average Bonchev–Trinajstić information content (AvgIpc) is 2.73. The summed E-state index contributed by atoms with van der Waals surface area (Å²) < 4.78 is 5.22. The highest BCUT2D eigenvalue weighted by atomic mass is 16.5. The molecule has 0 spiro atoms. The first kappa shape index (κ1) is 12.9. The van der Waals surface area contributed by atoms with Crippen LogP contribution in [0.4, 0.5) is 0 Å². The predicted molar refractivity (Wildman–Crippen MR) is 78.1 cm³/mol. The second kappa shape index (κ2) is 5.49. The Labute approximate surface area is 117 Å². The van der Waals surface area contributed by atoms with Crippen molar-refractivity contribution in [2.24, 2.45) is 0 Å². The summed E-state index contributed by atoms with van der Waals surface area (Å²) in [6.45, 7) is 0. The quantitative estimate of drug-likeness (QED) is 0.854. The minimum atomic E-state index is 0.00900. The molecule has 0 bridgehead atoms. The van der Waals surface area contributed by atoms with Crippen molar-refractivity contribution in [1.82, 2.24) is 9.97 Å². The van der Waals surface area contributed by atoms with Crippen molar-refractivity contribution in [3.8, 4) is 17.1 Å². The second-order valence-corrected chi connectivity index (χ2v) is 5.13. The third-order valence-electron chi connectivity index (χ3n) is 3.78. The summed E-state index contributed by atoms with van der Waals surface area (Å²) in [7, 11) is 1.63. The third kappa shape index (κ3) is 2.46. The molecule has 0 saturated carbocycles. The van der Waals surface area contributed by atoms with Gasteiger partial charge in [-0.05, 0) is 37.8 Å². The molecule has 0 atom stereocenters. The van der Waals surface area contributed by atoms with Crippen molar-refractivity contribution in [1.29, 1.82) is 0 Å². The topological polar surface area (TPSA) is 55.0 Å². The zero-order chi connectivity index (χ0) is 13.9. The van der Waals surface area contributed by atoms with E-state index in [0.717, 1.165) is 48.3 Å². The summed E-state index contributed by atoms with van der Waals surface area (Å²) in [6.07, 6.45) is 5.11. The second-order valence-electron chi connectivity index (χ2n) is 5.13. The summed E-state index contributed by atoms with van der Waals surface area (Å²) in [5, 5.41) is 0. The lowest BCUT2D eigenvalue weighted by atomic mass is 10.1. The lowest BCUT2D eigenvalue weighted by Gasteiger charge is -2.08. The first-order valence-corrected chi connectivity index (χ1v) is 7.04. The summed E-state index contributed by atoms with van der Waals surface area (Å²) in [6, 6.07) is 7.61. The smallest absolute Gasteiger partial charge is 0.254 e. The maximum Gasteiger partial charge on any atom is 0.254 e. The summed E-state index contributed by atoms with van der Waals surface area (Å²) in [5.41, 5.74) is 2.72. The molecule has 0 saturated heterocycles. The van der Waals surface area contributed by atoms with Gasteiger partial charge in [0.2, 0.25) is 0 Å². The number of ether oxygens (including phenoxy) is 1. The number of hydrogen-bond donors (Lipinski definition) is 1. The molecule has 4 heteroatoms. The Hall–Kier alpha value is -2.10. The largest absolute Gasteiger partial charge is 0.497 e. The minimum absolute atomic E-state index is 0.00900. The Balaban J connectivity index is 2.08. The van der Waals surface area contributed by atoms with Gasteiger partial charge in [-0.3, -0.25) is 4.79 Å². The van der Waals surface area contributed by atoms with E-state index in [1.807, 2.05) is 24.3 Å². The van der Waals surface area contributed by atoms with Gasteiger partial charge in [0.1, 0.15) is 11.6 Å². The van der Waals surface area contributed by atoms with E-state index in [4.69, 9.17) is 4.74 Å². The molecule has 0 unspecified atom stereocenters. The van der Waals surface area contributed by atoms with Gasteiger partial charge in [0, 0.05) is 11.1 Å². The van der Waals surface area contributed by atoms with Crippen LogP contribution in [-0.4, -0.2) is 17.1 Å². The van der Waals surface area contributed by atoms with Crippen LogP contribution in [0.25, 0.3) is 11.4 Å². The van der Waals surface area contributed by atoms with Crippen LogP contribution in [0.2, 0.25) is 0 Å². The van der Waals surface area contributed by atoms with E-state index in [9.17, 15) is 4.79 Å². The standard InChI is InChI=1S/C16H18N2O2/c1-20-12-7-5-6-11(10-12)15-17-14-9-4-2-3-8-13(14)16(19)18-15/h5-7,10H,2-4,8-9H2,1H3,(H,17,18,19). The number of nitrogens with zero attached hydrogens (tertiary/aromatic N) is 1. The number of nitrogens with one attached hydrogen (secondary N) is 1. The highest BCUT2D eigenvalue weighted by Gasteiger charge is 2.15. The Morgan fingerprint density at radius 1 is 1.20 bits per heavy atom. The lowest BCUT2D eigenvalue weighted by molar-refractivity contribution is 0.415. The molecule has 1 aliphatic carbocycles. The van der Waals surface area contributed by atoms with Crippen LogP contribution in [0, 0.1) is 0 Å². The van der Waals surface area contributed by atoms with Gasteiger partial charge < -0.3 is 9.72 Å². The molecule has 104 valence electrons. The van der Waals surface area contributed by atoms with Gasteiger partial charge in [-0.2, -0.15) is 0 Å². The van der Waals surface area contributed by atoms with Gasteiger partial charge in [0.15, 0.2) is 0 Å². The van der Waals surface area contributed by atoms with E-state index in [-0.39, 0.29) is 5.56 Å². The summed E-state index contributed by atoms with van der Waals surface area (Å²) in [5.74, 6) is 1.40. The van der Waals surface area contributed by atoms with Gasteiger partial charge in [-0.25, -0.2) is 4.98 Å². The zero-order valence-electron chi connectivity index (χ0n) is 11.6. The van der Waals surface area contributed by atoms with Crippen LogP contribution in [-0.2, 0) is 12.8 Å². The van der Waals surface area contributed by atoms with Gasteiger partial charge in [-0.15, -0.1) is 0 Å². The van der Waals surface area contributed by atoms with Crippen LogP contribution < -0.4 is 10.3 Å². The maximum absolute atomic E-state index is 12.2. The molecule has 1 heterocycles. The number of aryl methyl sites for hydroxylation is 1. The molecule has 1 aromatic heterocycles. The number of aromatic nitrogens is 2. The van der Waals surface area contributed by atoms with Crippen LogP contribution in [0.1, 0.15) is 30.5 Å². The number of aromatic amines is 1. The first-order valence-electron chi connectivity index (χ1n) is 7.04. The molecular weight excluding hydrogens is 252 g/mol. The SMILES string of the molecule is COc1cccc(-c2nc3c(c(=O)[nH]2)CCCCC3)c1. The van der Waals surface area contributed by atoms with Crippen LogP contribution in [0.15, 0.2) is 29.1 Å². The number of H-pyrrole nitrogens is 1. The molecule has 3 rings (SSSR count). The van der Waals surface area contributed by atoms with Gasteiger partial charge >= 0.3 is 0 Å². The normalized spacial score (nSPS) is 14.4. The van der Waals surface area contributed by atoms with E-state index < -0.39 is 0 Å². The molecule has 1 aliphatic rings.